The van der Waals surface area contributed by atoms with Crippen molar-refractivity contribution in [3.8, 4) is 0 Å². The lowest BCUT2D eigenvalue weighted by Crippen LogP contribution is -2.40. The Morgan fingerprint density at radius 2 is 1.82 bits per heavy atom. The molecule has 0 aromatic heterocycles. The molecular formula is C13H18N2O2. The van der Waals surface area contributed by atoms with Crippen LogP contribution in [-0.4, -0.2) is 29.8 Å². The van der Waals surface area contributed by atoms with E-state index in [0.717, 1.165) is 0 Å². The first-order valence-corrected chi connectivity index (χ1v) is 5.63. The van der Waals surface area contributed by atoms with Crippen molar-refractivity contribution in [3.05, 3.63) is 35.9 Å². The highest BCUT2D eigenvalue weighted by Gasteiger charge is 2.18. The minimum Gasteiger partial charge on any atom is -0.368 e. The molecule has 0 bridgehead atoms. The first kappa shape index (κ1) is 13.2. The second kappa shape index (κ2) is 6.03. The summed E-state index contributed by atoms with van der Waals surface area (Å²) >= 11 is 0. The number of amides is 2. The summed E-state index contributed by atoms with van der Waals surface area (Å²) in [6, 6.07) is 8.90. The molecule has 0 unspecified atom stereocenters. The van der Waals surface area contributed by atoms with Crippen LogP contribution in [0, 0.1) is 5.92 Å². The Kier molecular flexibility index (Phi) is 4.69. The third-order valence-electron chi connectivity index (χ3n) is 2.24. The lowest BCUT2D eigenvalue weighted by molar-refractivity contribution is -0.118. The minimum atomic E-state index is -0.491. The number of nitrogens with zero attached hydrogens (tertiary/aromatic N) is 1. The average molecular weight is 234 g/mol. The molecule has 1 aromatic rings. The van der Waals surface area contributed by atoms with E-state index in [-0.39, 0.29) is 12.5 Å². The SMILES string of the molecule is CC(C)CN(CC(N)=O)C(=O)c1ccccc1. The summed E-state index contributed by atoms with van der Waals surface area (Å²) in [5.41, 5.74) is 5.73. The van der Waals surface area contributed by atoms with Gasteiger partial charge in [-0.1, -0.05) is 32.0 Å². The summed E-state index contributed by atoms with van der Waals surface area (Å²) in [5.74, 6) is -0.352. The summed E-state index contributed by atoms with van der Waals surface area (Å²) in [6.45, 7) is 4.47. The van der Waals surface area contributed by atoms with Gasteiger partial charge in [-0.3, -0.25) is 9.59 Å². The number of rotatable bonds is 5. The van der Waals surface area contributed by atoms with Gasteiger partial charge < -0.3 is 10.6 Å². The molecule has 0 heterocycles. The summed E-state index contributed by atoms with van der Waals surface area (Å²) < 4.78 is 0. The van der Waals surface area contributed by atoms with Gasteiger partial charge in [0.05, 0.1) is 6.54 Å². The van der Waals surface area contributed by atoms with Crippen LogP contribution in [0.15, 0.2) is 30.3 Å². The number of carbonyl (C=O) groups is 2. The fourth-order valence-electron chi connectivity index (χ4n) is 1.61. The van der Waals surface area contributed by atoms with E-state index in [1.165, 1.54) is 4.90 Å². The third-order valence-corrected chi connectivity index (χ3v) is 2.24. The molecule has 1 aromatic carbocycles. The molecule has 92 valence electrons. The predicted octanol–water partition coefficient (Wildman–Crippen LogP) is 1.27. The molecule has 0 atom stereocenters. The Bertz CT molecular complexity index is 388. The second-order valence-corrected chi connectivity index (χ2v) is 4.41. The molecule has 0 aliphatic heterocycles. The van der Waals surface area contributed by atoms with Crippen molar-refractivity contribution >= 4 is 11.8 Å². The van der Waals surface area contributed by atoms with Crippen LogP contribution in [0.5, 0.6) is 0 Å². The van der Waals surface area contributed by atoms with E-state index in [1.807, 2.05) is 19.9 Å². The molecular weight excluding hydrogens is 216 g/mol. The van der Waals surface area contributed by atoms with Gasteiger partial charge in [-0.2, -0.15) is 0 Å². The molecule has 0 fully saturated rings. The van der Waals surface area contributed by atoms with E-state index in [9.17, 15) is 9.59 Å². The van der Waals surface area contributed by atoms with Crippen LogP contribution in [-0.2, 0) is 4.79 Å². The van der Waals surface area contributed by atoms with Crippen LogP contribution in [0.4, 0.5) is 0 Å². The van der Waals surface area contributed by atoms with Gasteiger partial charge in [0.15, 0.2) is 0 Å². The molecule has 0 spiro atoms. The normalized spacial score (nSPS) is 10.3. The summed E-state index contributed by atoms with van der Waals surface area (Å²) in [6.07, 6.45) is 0. The standard InChI is InChI=1S/C13H18N2O2/c1-10(2)8-15(9-12(14)16)13(17)11-6-4-3-5-7-11/h3-7,10H,8-9H2,1-2H3,(H2,14,16). The lowest BCUT2D eigenvalue weighted by atomic mass is 10.1. The Morgan fingerprint density at radius 1 is 1.24 bits per heavy atom. The first-order chi connectivity index (χ1) is 8.00. The Balaban J connectivity index is 2.82. The molecule has 0 saturated heterocycles. The predicted molar refractivity (Wildman–Crippen MR) is 66.4 cm³/mol. The van der Waals surface area contributed by atoms with Crippen LogP contribution in [0.25, 0.3) is 0 Å². The van der Waals surface area contributed by atoms with Crippen LogP contribution >= 0.6 is 0 Å². The molecule has 2 N–H and O–H groups in total. The van der Waals surface area contributed by atoms with Crippen LogP contribution in [0.1, 0.15) is 24.2 Å². The second-order valence-electron chi connectivity index (χ2n) is 4.41. The zero-order valence-electron chi connectivity index (χ0n) is 10.2. The van der Waals surface area contributed by atoms with Crippen molar-refractivity contribution < 1.29 is 9.59 Å². The smallest absolute Gasteiger partial charge is 0.254 e. The highest BCUT2D eigenvalue weighted by molar-refractivity contribution is 5.96. The highest BCUT2D eigenvalue weighted by Crippen LogP contribution is 2.07. The lowest BCUT2D eigenvalue weighted by Gasteiger charge is -2.23. The number of benzene rings is 1. The van der Waals surface area contributed by atoms with Crippen LogP contribution in [0.2, 0.25) is 0 Å². The van der Waals surface area contributed by atoms with Crippen LogP contribution < -0.4 is 5.73 Å². The van der Waals surface area contributed by atoms with E-state index in [2.05, 4.69) is 0 Å². The summed E-state index contributed by atoms with van der Waals surface area (Å²) in [4.78, 5) is 24.6. The van der Waals surface area contributed by atoms with E-state index >= 15 is 0 Å². The van der Waals surface area contributed by atoms with E-state index < -0.39 is 5.91 Å². The third kappa shape index (κ3) is 4.26. The van der Waals surface area contributed by atoms with Gasteiger partial charge in [0.2, 0.25) is 5.91 Å². The molecule has 4 nitrogen and oxygen atoms in total. The van der Waals surface area contributed by atoms with Crippen molar-refractivity contribution in [2.24, 2.45) is 11.7 Å². The number of hydrogen-bond acceptors (Lipinski definition) is 2. The topological polar surface area (TPSA) is 63.4 Å². The summed E-state index contributed by atoms with van der Waals surface area (Å²) in [7, 11) is 0. The van der Waals surface area contributed by atoms with Crippen molar-refractivity contribution in [1.82, 2.24) is 4.90 Å². The monoisotopic (exact) mass is 234 g/mol. The van der Waals surface area contributed by atoms with Crippen molar-refractivity contribution in [3.63, 3.8) is 0 Å². The van der Waals surface area contributed by atoms with Gasteiger partial charge in [0, 0.05) is 12.1 Å². The van der Waals surface area contributed by atoms with E-state index in [0.29, 0.717) is 18.0 Å². The van der Waals surface area contributed by atoms with Gasteiger partial charge in [0.1, 0.15) is 0 Å². The number of carbonyl (C=O) groups excluding carboxylic acids is 2. The van der Waals surface area contributed by atoms with Gasteiger partial charge in [0.25, 0.3) is 5.91 Å². The molecule has 4 heteroatoms. The fourth-order valence-corrected chi connectivity index (χ4v) is 1.61. The first-order valence-electron chi connectivity index (χ1n) is 5.63. The van der Waals surface area contributed by atoms with Gasteiger partial charge >= 0.3 is 0 Å². The zero-order chi connectivity index (χ0) is 12.8. The van der Waals surface area contributed by atoms with Crippen molar-refractivity contribution in [1.29, 1.82) is 0 Å². The average Bonchev–Trinajstić information content (AvgIpc) is 2.27. The van der Waals surface area contributed by atoms with E-state index in [1.54, 1.807) is 24.3 Å². The highest BCUT2D eigenvalue weighted by atomic mass is 16.2. The quantitative estimate of drug-likeness (QED) is 0.833. The Hall–Kier alpha value is -1.84. The zero-order valence-corrected chi connectivity index (χ0v) is 10.2. The molecule has 17 heavy (non-hydrogen) atoms. The largest absolute Gasteiger partial charge is 0.368 e. The molecule has 2 amide bonds. The maximum absolute atomic E-state index is 12.1. The molecule has 0 aliphatic rings. The maximum atomic E-state index is 12.1. The van der Waals surface area contributed by atoms with Crippen LogP contribution in [0.3, 0.4) is 0 Å². The minimum absolute atomic E-state index is 0.0358. The number of hydrogen-bond donors (Lipinski definition) is 1. The maximum Gasteiger partial charge on any atom is 0.254 e. The molecule has 0 radical (unpaired) electrons. The van der Waals surface area contributed by atoms with E-state index in [4.69, 9.17) is 5.73 Å². The Labute approximate surface area is 101 Å². The Morgan fingerprint density at radius 3 is 2.29 bits per heavy atom. The van der Waals surface area contributed by atoms with Crippen molar-refractivity contribution in [2.45, 2.75) is 13.8 Å². The number of primary amides is 1. The molecule has 0 aliphatic carbocycles. The van der Waals surface area contributed by atoms with Crippen molar-refractivity contribution in [2.75, 3.05) is 13.1 Å². The molecule has 0 saturated carbocycles. The number of nitrogens with two attached hydrogens (primary N) is 1. The van der Waals surface area contributed by atoms with Gasteiger partial charge in [-0.15, -0.1) is 0 Å². The van der Waals surface area contributed by atoms with Gasteiger partial charge in [-0.05, 0) is 18.1 Å². The fraction of sp³-hybridized carbons (Fsp3) is 0.385. The molecule has 1 rings (SSSR count). The summed E-state index contributed by atoms with van der Waals surface area (Å²) in [5, 5.41) is 0. The van der Waals surface area contributed by atoms with Gasteiger partial charge in [-0.25, -0.2) is 0 Å².